The zero-order chi connectivity index (χ0) is 12.7. The zero-order valence-corrected chi connectivity index (χ0v) is 10.7. The first-order chi connectivity index (χ1) is 8.24. The quantitative estimate of drug-likeness (QED) is 0.712. The molecule has 0 aliphatic carbocycles. The normalized spacial score (nSPS) is 11.9. The van der Waals surface area contributed by atoms with Crippen molar-refractivity contribution in [2.75, 3.05) is 13.2 Å². The maximum atomic E-state index is 11.9. The fourth-order valence-electron chi connectivity index (χ4n) is 1.81. The topological polar surface area (TPSA) is 35.5 Å². The molecule has 1 aromatic rings. The van der Waals surface area contributed by atoms with Crippen LogP contribution in [0.15, 0.2) is 24.3 Å². The fraction of sp³-hybridized carbons (Fsp3) is 0.500. The van der Waals surface area contributed by atoms with Gasteiger partial charge in [0.25, 0.3) is 0 Å². The Kier molecular flexibility index (Phi) is 5.53. The molecule has 0 saturated carbocycles. The monoisotopic (exact) mass is 236 g/mol. The number of esters is 1. The molecule has 0 spiro atoms. The Labute approximate surface area is 103 Å². The molecule has 0 bridgehead atoms. The van der Waals surface area contributed by atoms with E-state index in [2.05, 4.69) is 0 Å². The van der Waals surface area contributed by atoms with Gasteiger partial charge in [0.15, 0.2) is 0 Å². The van der Waals surface area contributed by atoms with E-state index in [0.717, 1.165) is 11.3 Å². The van der Waals surface area contributed by atoms with Gasteiger partial charge in [-0.25, -0.2) is 0 Å². The van der Waals surface area contributed by atoms with E-state index in [4.69, 9.17) is 9.47 Å². The molecule has 0 saturated heterocycles. The lowest BCUT2D eigenvalue weighted by molar-refractivity contribution is -0.145. The molecule has 0 aliphatic heterocycles. The van der Waals surface area contributed by atoms with Crippen LogP contribution in [0.5, 0.6) is 5.75 Å². The minimum atomic E-state index is -0.238. The van der Waals surface area contributed by atoms with E-state index in [-0.39, 0.29) is 11.9 Å². The number of benzene rings is 1. The van der Waals surface area contributed by atoms with Crippen LogP contribution >= 0.6 is 0 Å². The first-order valence-electron chi connectivity index (χ1n) is 6.12. The third-order valence-corrected chi connectivity index (χ3v) is 2.57. The predicted octanol–water partition coefficient (Wildman–Crippen LogP) is 3.14. The van der Waals surface area contributed by atoms with E-state index in [0.29, 0.717) is 19.6 Å². The summed E-state index contributed by atoms with van der Waals surface area (Å²) < 4.78 is 10.6. The molecule has 3 heteroatoms. The summed E-state index contributed by atoms with van der Waals surface area (Å²) in [5, 5.41) is 0. The van der Waals surface area contributed by atoms with Crippen LogP contribution in [0, 0.1) is 0 Å². The largest absolute Gasteiger partial charge is 0.494 e. The highest BCUT2D eigenvalue weighted by molar-refractivity contribution is 5.79. The Bertz CT molecular complexity index is 360. The third-order valence-electron chi connectivity index (χ3n) is 2.57. The number of para-hydroxylation sites is 1. The Morgan fingerprint density at radius 1 is 1.18 bits per heavy atom. The van der Waals surface area contributed by atoms with Crippen LogP contribution in [-0.2, 0) is 9.53 Å². The zero-order valence-electron chi connectivity index (χ0n) is 10.7. The summed E-state index contributed by atoms with van der Waals surface area (Å²) in [6.45, 7) is 6.73. The van der Waals surface area contributed by atoms with Crippen molar-refractivity contribution in [2.24, 2.45) is 0 Å². The summed E-state index contributed by atoms with van der Waals surface area (Å²) in [6.07, 6.45) is 0.711. The number of hydrogen-bond acceptors (Lipinski definition) is 3. The van der Waals surface area contributed by atoms with Gasteiger partial charge in [-0.2, -0.15) is 0 Å². The van der Waals surface area contributed by atoms with E-state index in [9.17, 15) is 4.79 Å². The second-order valence-electron chi connectivity index (χ2n) is 3.68. The molecule has 94 valence electrons. The lowest BCUT2D eigenvalue weighted by Crippen LogP contribution is -2.16. The summed E-state index contributed by atoms with van der Waals surface area (Å²) >= 11 is 0. The van der Waals surface area contributed by atoms with Crippen molar-refractivity contribution in [1.29, 1.82) is 0 Å². The average Bonchev–Trinajstić information content (AvgIpc) is 2.33. The van der Waals surface area contributed by atoms with E-state index >= 15 is 0 Å². The van der Waals surface area contributed by atoms with Gasteiger partial charge in [0, 0.05) is 5.56 Å². The van der Waals surface area contributed by atoms with Gasteiger partial charge in [0.05, 0.1) is 19.1 Å². The standard InChI is InChI=1S/C14H20O3/c1-4-11(14(15)17-6-3)12-9-7-8-10-13(12)16-5-2/h7-11H,4-6H2,1-3H3. The molecule has 0 aromatic heterocycles. The number of hydrogen-bond donors (Lipinski definition) is 0. The molecule has 1 aromatic carbocycles. The summed E-state index contributed by atoms with van der Waals surface area (Å²) in [5.74, 6) is 0.356. The summed E-state index contributed by atoms with van der Waals surface area (Å²) in [6, 6.07) is 7.64. The van der Waals surface area contributed by atoms with Crippen LogP contribution < -0.4 is 4.74 Å². The van der Waals surface area contributed by atoms with Gasteiger partial charge in [-0.15, -0.1) is 0 Å². The number of ether oxygens (including phenoxy) is 2. The van der Waals surface area contributed by atoms with Crippen molar-refractivity contribution in [3.8, 4) is 5.75 Å². The van der Waals surface area contributed by atoms with E-state index in [1.165, 1.54) is 0 Å². The molecule has 1 rings (SSSR count). The van der Waals surface area contributed by atoms with Crippen LogP contribution in [0.4, 0.5) is 0 Å². The highest BCUT2D eigenvalue weighted by Crippen LogP contribution is 2.29. The van der Waals surface area contributed by atoms with Gasteiger partial charge in [0.2, 0.25) is 0 Å². The minimum absolute atomic E-state index is 0.179. The van der Waals surface area contributed by atoms with Crippen molar-refractivity contribution in [3.63, 3.8) is 0 Å². The van der Waals surface area contributed by atoms with Crippen LogP contribution in [0.2, 0.25) is 0 Å². The van der Waals surface area contributed by atoms with Crippen LogP contribution in [0.3, 0.4) is 0 Å². The summed E-state index contributed by atoms with van der Waals surface area (Å²) in [5.41, 5.74) is 0.912. The molecule has 1 unspecified atom stereocenters. The predicted molar refractivity (Wildman–Crippen MR) is 67.3 cm³/mol. The summed E-state index contributed by atoms with van der Waals surface area (Å²) in [4.78, 5) is 11.9. The fourth-order valence-corrected chi connectivity index (χ4v) is 1.81. The van der Waals surface area contributed by atoms with Gasteiger partial charge in [-0.3, -0.25) is 4.79 Å². The van der Waals surface area contributed by atoms with Gasteiger partial charge in [-0.1, -0.05) is 25.1 Å². The third kappa shape index (κ3) is 3.48. The van der Waals surface area contributed by atoms with E-state index < -0.39 is 0 Å². The molecule has 0 amide bonds. The van der Waals surface area contributed by atoms with Crippen molar-refractivity contribution in [1.82, 2.24) is 0 Å². The molecule has 0 fully saturated rings. The Morgan fingerprint density at radius 2 is 1.88 bits per heavy atom. The molecular weight excluding hydrogens is 216 g/mol. The van der Waals surface area contributed by atoms with Crippen LogP contribution in [0.1, 0.15) is 38.7 Å². The lowest BCUT2D eigenvalue weighted by Gasteiger charge is -2.17. The van der Waals surface area contributed by atoms with Crippen molar-refractivity contribution in [3.05, 3.63) is 29.8 Å². The Hall–Kier alpha value is -1.51. The highest BCUT2D eigenvalue weighted by atomic mass is 16.5. The van der Waals surface area contributed by atoms with E-state index in [1.54, 1.807) is 0 Å². The van der Waals surface area contributed by atoms with Gasteiger partial charge in [-0.05, 0) is 26.3 Å². The molecule has 0 aliphatic rings. The molecular formula is C14H20O3. The van der Waals surface area contributed by atoms with Gasteiger partial charge >= 0.3 is 5.97 Å². The molecule has 3 nitrogen and oxygen atoms in total. The maximum Gasteiger partial charge on any atom is 0.313 e. The molecule has 1 atom stereocenters. The van der Waals surface area contributed by atoms with Crippen molar-refractivity contribution >= 4 is 5.97 Å². The first-order valence-corrected chi connectivity index (χ1v) is 6.12. The number of carbonyl (C=O) groups is 1. The minimum Gasteiger partial charge on any atom is -0.494 e. The molecule has 0 N–H and O–H groups in total. The van der Waals surface area contributed by atoms with Crippen molar-refractivity contribution < 1.29 is 14.3 Å². The van der Waals surface area contributed by atoms with Gasteiger partial charge < -0.3 is 9.47 Å². The van der Waals surface area contributed by atoms with Crippen LogP contribution in [-0.4, -0.2) is 19.2 Å². The number of carbonyl (C=O) groups excluding carboxylic acids is 1. The second kappa shape index (κ2) is 6.94. The number of rotatable bonds is 6. The van der Waals surface area contributed by atoms with Gasteiger partial charge in [0.1, 0.15) is 5.75 Å². The first kappa shape index (κ1) is 13.6. The lowest BCUT2D eigenvalue weighted by atomic mass is 9.96. The smallest absolute Gasteiger partial charge is 0.313 e. The van der Waals surface area contributed by atoms with Crippen molar-refractivity contribution in [2.45, 2.75) is 33.1 Å². The average molecular weight is 236 g/mol. The molecule has 17 heavy (non-hydrogen) atoms. The SMILES string of the molecule is CCOC(=O)C(CC)c1ccccc1OCC. The van der Waals surface area contributed by atoms with Crippen LogP contribution in [0.25, 0.3) is 0 Å². The Morgan fingerprint density at radius 3 is 2.47 bits per heavy atom. The highest BCUT2D eigenvalue weighted by Gasteiger charge is 2.22. The summed E-state index contributed by atoms with van der Waals surface area (Å²) in [7, 11) is 0. The maximum absolute atomic E-state index is 11.9. The van der Waals surface area contributed by atoms with E-state index in [1.807, 2.05) is 45.0 Å². The molecule has 0 heterocycles. The molecule has 0 radical (unpaired) electrons. The second-order valence-corrected chi connectivity index (χ2v) is 3.68. The Balaban J connectivity index is 2.98.